The fourth-order valence-electron chi connectivity index (χ4n) is 2.68. The lowest BCUT2D eigenvalue weighted by molar-refractivity contribution is 0.275. The molecule has 1 aliphatic carbocycles. The Bertz CT molecular complexity index is 466. The van der Waals surface area contributed by atoms with Gasteiger partial charge in [0, 0.05) is 34.3 Å². The molecule has 0 amide bonds. The highest BCUT2D eigenvalue weighted by Gasteiger charge is 2.37. The molecule has 1 saturated carbocycles. The van der Waals surface area contributed by atoms with Gasteiger partial charge in [0.15, 0.2) is 0 Å². The van der Waals surface area contributed by atoms with Crippen LogP contribution in [0, 0.1) is 5.92 Å². The highest BCUT2D eigenvalue weighted by molar-refractivity contribution is 7.52. The van der Waals surface area contributed by atoms with Crippen molar-refractivity contribution >= 4 is 13.6 Å². The third-order valence-electron chi connectivity index (χ3n) is 4.11. The van der Waals surface area contributed by atoms with Crippen LogP contribution in [0.3, 0.4) is 0 Å². The van der Waals surface area contributed by atoms with Gasteiger partial charge in [-0.05, 0) is 31.6 Å². The minimum Gasteiger partial charge on any atom is -0.396 e. The summed E-state index contributed by atoms with van der Waals surface area (Å²) >= 11 is 0. The van der Waals surface area contributed by atoms with Crippen molar-refractivity contribution in [3.05, 3.63) is 11.6 Å². The zero-order valence-electron chi connectivity index (χ0n) is 13.0. The number of hydrogen-bond donors (Lipinski definition) is 1. The van der Waals surface area contributed by atoms with Crippen LogP contribution in [0.1, 0.15) is 32.1 Å². The fourth-order valence-corrected chi connectivity index (χ4v) is 3.49. The van der Waals surface area contributed by atoms with E-state index < -0.39 is 7.75 Å². The van der Waals surface area contributed by atoms with Crippen molar-refractivity contribution in [2.45, 2.75) is 38.1 Å². The Balaban J connectivity index is 2.23. The summed E-state index contributed by atoms with van der Waals surface area (Å²) in [6, 6.07) is 0.299. The number of nitrogens with zero attached hydrogens (tertiary/aromatic N) is 2. The normalized spacial score (nSPS) is 25.3. The van der Waals surface area contributed by atoms with E-state index in [1.165, 1.54) is 32.6 Å². The van der Waals surface area contributed by atoms with Crippen LogP contribution in [0.25, 0.3) is 0 Å². The van der Waals surface area contributed by atoms with Crippen molar-refractivity contribution in [2.24, 2.45) is 10.7 Å². The molecule has 0 bridgehead atoms. The molecule has 1 N–H and O–H groups in total. The first kappa shape index (κ1) is 16.7. The first-order valence-electron chi connectivity index (χ1n) is 7.37. The van der Waals surface area contributed by atoms with Gasteiger partial charge < -0.3 is 10.0 Å². The molecular weight excluding hydrogens is 291 g/mol. The summed E-state index contributed by atoms with van der Waals surface area (Å²) in [4.78, 5) is 2.09. The Morgan fingerprint density at radius 2 is 2.10 bits per heavy atom. The topological polar surface area (TPSA) is 71.4 Å². The van der Waals surface area contributed by atoms with Gasteiger partial charge in [-0.3, -0.25) is 9.05 Å². The quantitative estimate of drug-likeness (QED) is 0.577. The third-order valence-corrected chi connectivity index (χ3v) is 5.51. The van der Waals surface area contributed by atoms with E-state index in [0.717, 1.165) is 18.7 Å². The lowest BCUT2D eigenvalue weighted by atomic mass is 9.95. The van der Waals surface area contributed by atoms with E-state index in [4.69, 9.17) is 14.2 Å². The van der Waals surface area contributed by atoms with Crippen LogP contribution in [0.15, 0.2) is 16.4 Å². The highest BCUT2D eigenvalue weighted by Crippen LogP contribution is 2.49. The molecule has 2 aliphatic rings. The number of rotatable bonds is 7. The summed E-state index contributed by atoms with van der Waals surface area (Å²) in [6.07, 6.45) is 6.95. The van der Waals surface area contributed by atoms with Gasteiger partial charge in [0.2, 0.25) is 0 Å². The third kappa shape index (κ3) is 4.16. The molecule has 0 spiro atoms. The van der Waals surface area contributed by atoms with Crippen molar-refractivity contribution in [1.29, 1.82) is 0 Å². The van der Waals surface area contributed by atoms with Crippen LogP contribution < -0.4 is 0 Å². The zero-order valence-corrected chi connectivity index (χ0v) is 13.9. The standard InChI is InChI=1S/C14H25N2O4P/c1-16-13(12-6-7-12)9-11(5-4-8-17)10-14(16)15-21(18,19-2)20-3/h9,12-13,17H,4-8,10H2,1-3H3/b15-14-. The Hall–Kier alpha value is -0.680. The Morgan fingerprint density at radius 1 is 1.43 bits per heavy atom. The zero-order chi connectivity index (χ0) is 15.5. The average molecular weight is 316 g/mol. The molecule has 1 aliphatic heterocycles. The summed E-state index contributed by atoms with van der Waals surface area (Å²) in [5.41, 5.74) is 1.25. The summed E-state index contributed by atoms with van der Waals surface area (Å²) in [5, 5.41) is 9.01. The Morgan fingerprint density at radius 3 is 2.62 bits per heavy atom. The maximum absolute atomic E-state index is 12.3. The number of aliphatic hydroxyl groups is 1. The van der Waals surface area contributed by atoms with Gasteiger partial charge in [-0.25, -0.2) is 4.57 Å². The van der Waals surface area contributed by atoms with Crippen molar-refractivity contribution in [3.8, 4) is 0 Å². The molecule has 1 heterocycles. The molecular formula is C14H25N2O4P. The molecule has 0 aromatic rings. The van der Waals surface area contributed by atoms with E-state index in [-0.39, 0.29) is 6.61 Å². The van der Waals surface area contributed by atoms with Gasteiger partial charge in [-0.1, -0.05) is 11.6 Å². The molecule has 0 saturated heterocycles. The largest absolute Gasteiger partial charge is 0.454 e. The number of amidine groups is 1. The molecule has 1 atom stereocenters. The van der Waals surface area contributed by atoms with Crippen molar-refractivity contribution in [3.63, 3.8) is 0 Å². The van der Waals surface area contributed by atoms with Crippen LogP contribution in [-0.2, 0) is 13.6 Å². The second kappa shape index (κ2) is 7.05. The molecule has 0 aromatic heterocycles. The lowest BCUT2D eigenvalue weighted by Gasteiger charge is -2.34. The van der Waals surface area contributed by atoms with Crippen LogP contribution in [0.2, 0.25) is 0 Å². The second-order valence-corrected chi connectivity index (χ2v) is 7.49. The molecule has 1 fully saturated rings. The second-order valence-electron chi connectivity index (χ2n) is 5.62. The predicted molar refractivity (Wildman–Crippen MR) is 82.4 cm³/mol. The SMILES string of the molecule is COP(=O)(/N=C1/CC(CCCO)=CC(C2CC2)N1C)OC. The molecule has 1 unspecified atom stereocenters. The smallest absolute Gasteiger partial charge is 0.396 e. The first-order valence-corrected chi connectivity index (χ1v) is 8.86. The first-order chi connectivity index (χ1) is 10.0. The summed E-state index contributed by atoms with van der Waals surface area (Å²) in [5.74, 6) is 1.39. The van der Waals surface area contributed by atoms with Gasteiger partial charge in [0.05, 0.1) is 6.04 Å². The number of hydrogen-bond acceptors (Lipinski definition) is 4. The van der Waals surface area contributed by atoms with Crippen LogP contribution in [-0.4, -0.2) is 49.8 Å². The summed E-state index contributed by atoms with van der Waals surface area (Å²) < 4.78 is 26.4. The Labute approximate surface area is 126 Å². The number of aliphatic hydroxyl groups excluding tert-OH is 1. The van der Waals surface area contributed by atoms with Crippen molar-refractivity contribution in [1.82, 2.24) is 4.90 Å². The van der Waals surface area contributed by atoms with Gasteiger partial charge in [0.1, 0.15) is 5.84 Å². The van der Waals surface area contributed by atoms with E-state index >= 15 is 0 Å². The minimum absolute atomic E-state index is 0.183. The van der Waals surface area contributed by atoms with Gasteiger partial charge >= 0.3 is 7.75 Å². The summed E-state index contributed by atoms with van der Waals surface area (Å²) in [6.45, 7) is 0.183. The fraction of sp³-hybridized carbons (Fsp3) is 0.786. The van der Waals surface area contributed by atoms with Gasteiger partial charge in [0.25, 0.3) is 0 Å². The van der Waals surface area contributed by atoms with Crippen LogP contribution in [0.4, 0.5) is 0 Å². The molecule has 6 nitrogen and oxygen atoms in total. The lowest BCUT2D eigenvalue weighted by Crippen LogP contribution is -2.40. The molecule has 7 heteroatoms. The molecule has 2 rings (SSSR count). The monoisotopic (exact) mass is 316 g/mol. The summed E-state index contributed by atoms with van der Waals surface area (Å²) in [7, 11) is 1.27. The highest BCUT2D eigenvalue weighted by atomic mass is 31.2. The van der Waals surface area contributed by atoms with E-state index in [9.17, 15) is 4.57 Å². The van der Waals surface area contributed by atoms with Gasteiger partial charge in [-0.2, -0.15) is 4.76 Å². The Kier molecular flexibility index (Phi) is 5.60. The van der Waals surface area contributed by atoms with Crippen molar-refractivity contribution < 1.29 is 18.7 Å². The maximum atomic E-state index is 12.3. The van der Waals surface area contributed by atoms with E-state index in [1.54, 1.807) is 0 Å². The van der Waals surface area contributed by atoms with E-state index in [1.807, 2.05) is 7.05 Å². The van der Waals surface area contributed by atoms with Crippen LogP contribution in [0.5, 0.6) is 0 Å². The van der Waals surface area contributed by atoms with E-state index in [2.05, 4.69) is 15.7 Å². The van der Waals surface area contributed by atoms with Crippen molar-refractivity contribution in [2.75, 3.05) is 27.9 Å². The van der Waals surface area contributed by atoms with Gasteiger partial charge in [-0.15, -0.1) is 0 Å². The maximum Gasteiger partial charge on any atom is 0.454 e. The molecule has 21 heavy (non-hydrogen) atoms. The van der Waals surface area contributed by atoms with Crippen LogP contribution >= 0.6 is 7.75 Å². The molecule has 0 radical (unpaired) electrons. The molecule has 120 valence electrons. The average Bonchev–Trinajstić information content (AvgIpc) is 3.32. The predicted octanol–water partition coefficient (Wildman–Crippen LogP) is 2.60. The minimum atomic E-state index is -3.41. The van der Waals surface area contributed by atoms with E-state index in [0.29, 0.717) is 18.4 Å². The molecule has 0 aromatic carbocycles. The number of likely N-dealkylation sites (N-methyl/N-ethyl adjacent to an activating group) is 1.